The second kappa shape index (κ2) is 9.14. The van der Waals surface area contributed by atoms with Crippen LogP contribution in [0.2, 0.25) is 0 Å². The van der Waals surface area contributed by atoms with Gasteiger partial charge >= 0.3 is 0 Å². The molecule has 0 radical (unpaired) electrons. The average molecular weight is 311 g/mol. The SMILES string of the molecule is CC.Cc1ccc(CCNC(=O)C2=CC=CC(C)(C)C=C2)cc1. The summed E-state index contributed by atoms with van der Waals surface area (Å²) in [5, 5.41) is 2.98. The van der Waals surface area contributed by atoms with Gasteiger partial charge in [-0.3, -0.25) is 4.79 Å². The maximum atomic E-state index is 12.1. The van der Waals surface area contributed by atoms with Crippen LogP contribution in [0.5, 0.6) is 0 Å². The van der Waals surface area contributed by atoms with E-state index in [1.807, 2.05) is 32.1 Å². The molecule has 0 fully saturated rings. The molecule has 0 unspecified atom stereocenters. The summed E-state index contributed by atoms with van der Waals surface area (Å²) >= 11 is 0. The molecular weight excluding hydrogens is 282 g/mol. The number of amides is 1. The van der Waals surface area contributed by atoms with E-state index in [2.05, 4.69) is 62.5 Å². The first-order valence-corrected chi connectivity index (χ1v) is 8.39. The van der Waals surface area contributed by atoms with Gasteiger partial charge in [0.25, 0.3) is 5.91 Å². The van der Waals surface area contributed by atoms with Gasteiger partial charge in [-0.2, -0.15) is 0 Å². The molecule has 0 heterocycles. The number of hydrogen-bond donors (Lipinski definition) is 1. The molecule has 124 valence electrons. The molecule has 2 heteroatoms. The van der Waals surface area contributed by atoms with E-state index >= 15 is 0 Å². The molecule has 1 aliphatic rings. The highest BCUT2D eigenvalue weighted by atomic mass is 16.1. The lowest BCUT2D eigenvalue weighted by molar-refractivity contribution is -0.117. The minimum atomic E-state index is -0.0132. The molecule has 0 bridgehead atoms. The van der Waals surface area contributed by atoms with Gasteiger partial charge in [0.2, 0.25) is 0 Å². The smallest absolute Gasteiger partial charge is 0.251 e. The lowest BCUT2D eigenvalue weighted by atomic mass is 9.93. The van der Waals surface area contributed by atoms with Gasteiger partial charge in [0.05, 0.1) is 0 Å². The van der Waals surface area contributed by atoms with Gasteiger partial charge in [-0.05, 0) is 25.0 Å². The van der Waals surface area contributed by atoms with Gasteiger partial charge in [-0.25, -0.2) is 0 Å². The fraction of sp³-hybridized carbons (Fsp3) is 0.381. The maximum Gasteiger partial charge on any atom is 0.251 e. The fourth-order valence-electron chi connectivity index (χ4n) is 2.14. The predicted molar refractivity (Wildman–Crippen MR) is 99.4 cm³/mol. The molecule has 2 rings (SSSR count). The zero-order chi connectivity index (χ0) is 17.3. The van der Waals surface area contributed by atoms with Crippen molar-refractivity contribution in [2.75, 3.05) is 6.54 Å². The topological polar surface area (TPSA) is 29.1 Å². The second-order valence-corrected chi connectivity index (χ2v) is 6.13. The molecule has 0 aliphatic heterocycles. The number of benzene rings is 1. The van der Waals surface area contributed by atoms with E-state index < -0.39 is 0 Å². The molecule has 1 aromatic carbocycles. The number of aryl methyl sites for hydroxylation is 1. The molecule has 1 aromatic rings. The second-order valence-electron chi connectivity index (χ2n) is 6.13. The van der Waals surface area contributed by atoms with Crippen molar-refractivity contribution in [2.45, 2.75) is 41.0 Å². The van der Waals surface area contributed by atoms with Crippen LogP contribution in [0.15, 0.2) is 60.2 Å². The quantitative estimate of drug-likeness (QED) is 0.853. The third kappa shape index (κ3) is 6.68. The molecule has 1 amide bonds. The van der Waals surface area contributed by atoms with Crippen molar-refractivity contribution in [2.24, 2.45) is 5.41 Å². The Hall–Kier alpha value is -2.09. The first-order valence-electron chi connectivity index (χ1n) is 8.39. The van der Waals surface area contributed by atoms with Crippen LogP contribution < -0.4 is 5.32 Å². The van der Waals surface area contributed by atoms with E-state index in [1.165, 1.54) is 11.1 Å². The van der Waals surface area contributed by atoms with Gasteiger partial charge in [0.15, 0.2) is 0 Å². The number of hydrogen-bond acceptors (Lipinski definition) is 1. The van der Waals surface area contributed by atoms with E-state index in [1.54, 1.807) is 0 Å². The summed E-state index contributed by atoms with van der Waals surface area (Å²) in [7, 11) is 0. The van der Waals surface area contributed by atoms with Gasteiger partial charge in [-0.15, -0.1) is 0 Å². The lowest BCUT2D eigenvalue weighted by Gasteiger charge is -2.12. The van der Waals surface area contributed by atoms with E-state index in [0.29, 0.717) is 12.1 Å². The monoisotopic (exact) mass is 311 g/mol. The van der Waals surface area contributed by atoms with Crippen molar-refractivity contribution >= 4 is 5.91 Å². The van der Waals surface area contributed by atoms with Crippen LogP contribution in [0.3, 0.4) is 0 Å². The van der Waals surface area contributed by atoms with Crippen LogP contribution in [0.1, 0.15) is 38.8 Å². The molecule has 0 atom stereocenters. The highest BCUT2D eigenvalue weighted by molar-refractivity contribution is 5.96. The van der Waals surface area contributed by atoms with Gasteiger partial charge in [0.1, 0.15) is 0 Å². The number of nitrogens with one attached hydrogen (secondary N) is 1. The molecule has 1 aliphatic carbocycles. The van der Waals surface area contributed by atoms with Crippen LogP contribution in [-0.4, -0.2) is 12.5 Å². The Morgan fingerprint density at radius 2 is 1.74 bits per heavy atom. The van der Waals surface area contributed by atoms with Gasteiger partial charge < -0.3 is 5.32 Å². The van der Waals surface area contributed by atoms with Gasteiger partial charge in [0, 0.05) is 17.5 Å². The van der Waals surface area contributed by atoms with Crippen molar-refractivity contribution in [1.82, 2.24) is 5.32 Å². The van der Waals surface area contributed by atoms with Gasteiger partial charge in [-0.1, -0.05) is 81.8 Å². The van der Waals surface area contributed by atoms with Crippen LogP contribution >= 0.6 is 0 Å². The summed E-state index contributed by atoms with van der Waals surface area (Å²) < 4.78 is 0. The first-order chi connectivity index (χ1) is 11.0. The normalized spacial score (nSPS) is 15.1. The average Bonchev–Trinajstić information content (AvgIpc) is 2.72. The highest BCUT2D eigenvalue weighted by Gasteiger charge is 2.13. The van der Waals surface area contributed by atoms with Crippen LogP contribution in [0.25, 0.3) is 0 Å². The van der Waals surface area contributed by atoms with Crippen molar-refractivity contribution < 1.29 is 4.79 Å². The largest absolute Gasteiger partial charge is 0.352 e. The standard InChI is InChI=1S/C19H23NO.C2H6/c1-15-6-8-16(9-7-15)11-14-20-18(21)17-5-4-12-19(2,3)13-10-17;1-2/h4-10,12-13H,11,14H2,1-3H3,(H,20,21);1-2H3. The molecular formula is C21H29NO. The third-order valence-corrected chi connectivity index (χ3v) is 3.58. The Morgan fingerprint density at radius 1 is 1.09 bits per heavy atom. The Bertz CT molecular complexity index is 589. The predicted octanol–water partition coefficient (Wildman–Crippen LogP) is 4.76. The van der Waals surface area contributed by atoms with Crippen molar-refractivity contribution in [1.29, 1.82) is 0 Å². The first kappa shape index (κ1) is 19.0. The minimum absolute atomic E-state index is 0.000425. The Morgan fingerprint density at radius 3 is 2.39 bits per heavy atom. The fourth-order valence-corrected chi connectivity index (χ4v) is 2.14. The Labute approximate surface area is 141 Å². The summed E-state index contributed by atoms with van der Waals surface area (Å²) in [6.45, 7) is 11.0. The summed E-state index contributed by atoms with van der Waals surface area (Å²) in [6.07, 6.45) is 10.7. The van der Waals surface area contributed by atoms with E-state index in [9.17, 15) is 4.79 Å². The van der Waals surface area contributed by atoms with Crippen LogP contribution in [0, 0.1) is 12.3 Å². The molecule has 0 saturated heterocycles. The van der Waals surface area contributed by atoms with Crippen molar-refractivity contribution in [3.8, 4) is 0 Å². The minimum Gasteiger partial charge on any atom is -0.352 e. The summed E-state index contributed by atoms with van der Waals surface area (Å²) in [6, 6.07) is 8.41. The highest BCUT2D eigenvalue weighted by Crippen LogP contribution is 2.22. The van der Waals surface area contributed by atoms with Crippen molar-refractivity contribution in [3.63, 3.8) is 0 Å². The number of rotatable bonds is 4. The molecule has 23 heavy (non-hydrogen) atoms. The third-order valence-electron chi connectivity index (χ3n) is 3.58. The molecule has 0 spiro atoms. The van der Waals surface area contributed by atoms with E-state index in [-0.39, 0.29) is 11.3 Å². The van der Waals surface area contributed by atoms with E-state index in [0.717, 1.165) is 6.42 Å². The Kier molecular flexibility index (Phi) is 7.53. The van der Waals surface area contributed by atoms with Crippen LogP contribution in [0.4, 0.5) is 0 Å². The summed E-state index contributed by atoms with van der Waals surface area (Å²) in [5.41, 5.74) is 3.21. The van der Waals surface area contributed by atoms with Crippen molar-refractivity contribution in [3.05, 3.63) is 71.3 Å². The molecule has 2 nitrogen and oxygen atoms in total. The van der Waals surface area contributed by atoms with Crippen LogP contribution in [-0.2, 0) is 11.2 Å². The molecule has 1 N–H and O–H groups in total. The number of carbonyl (C=O) groups is 1. The summed E-state index contributed by atoms with van der Waals surface area (Å²) in [5.74, 6) is -0.0132. The lowest BCUT2D eigenvalue weighted by Crippen LogP contribution is -2.26. The maximum absolute atomic E-state index is 12.1. The Balaban J connectivity index is 0.00000127. The zero-order valence-electron chi connectivity index (χ0n) is 15.0. The molecule has 0 saturated carbocycles. The summed E-state index contributed by atoms with van der Waals surface area (Å²) in [4.78, 5) is 12.1. The zero-order valence-corrected chi connectivity index (χ0v) is 15.0. The number of carbonyl (C=O) groups excluding carboxylic acids is 1. The van der Waals surface area contributed by atoms with E-state index in [4.69, 9.17) is 0 Å². The number of allylic oxidation sites excluding steroid dienone is 4. The molecule has 0 aromatic heterocycles.